The molecule has 0 radical (unpaired) electrons. The maximum absolute atomic E-state index is 14.5. The van der Waals surface area contributed by atoms with Gasteiger partial charge in [-0.2, -0.15) is 4.68 Å². The Balaban J connectivity index is 1.36. The first-order chi connectivity index (χ1) is 16.1. The van der Waals surface area contributed by atoms with E-state index in [1.165, 1.54) is 10.7 Å². The van der Waals surface area contributed by atoms with Gasteiger partial charge in [-0.3, -0.25) is 14.9 Å². The first kappa shape index (κ1) is 21.3. The van der Waals surface area contributed by atoms with Crippen molar-refractivity contribution in [2.45, 2.75) is 32.2 Å². The molecule has 0 aliphatic carbocycles. The summed E-state index contributed by atoms with van der Waals surface area (Å²) < 4.78 is 21.4. The van der Waals surface area contributed by atoms with Crippen LogP contribution in [0, 0.1) is 5.82 Å². The van der Waals surface area contributed by atoms with Gasteiger partial charge >= 0.3 is 5.69 Å². The van der Waals surface area contributed by atoms with Crippen molar-refractivity contribution in [3.05, 3.63) is 82.5 Å². The molecule has 0 spiro atoms. The number of H-pyrrole nitrogens is 1. The Kier molecular flexibility index (Phi) is 5.92. The maximum atomic E-state index is 14.5. The van der Waals surface area contributed by atoms with Crippen LogP contribution in [0.1, 0.15) is 37.1 Å². The van der Waals surface area contributed by atoms with E-state index in [1.54, 1.807) is 18.5 Å². The average molecular weight is 448 g/mol. The lowest BCUT2D eigenvalue weighted by atomic mass is 9.97. The molecule has 0 bridgehead atoms. The number of nitrogens with one attached hydrogen (secondary N) is 1. The SMILES string of the molecule is CCOc1ccc(CN2CCCC(c3nn(-c4cccc5cnccc45)c(=O)[nH]3)C2)c(F)c1. The van der Waals surface area contributed by atoms with Crippen LogP contribution in [0.15, 0.2) is 59.7 Å². The number of ether oxygens (including phenoxy) is 1. The highest BCUT2D eigenvalue weighted by Gasteiger charge is 2.26. The van der Waals surface area contributed by atoms with Crippen molar-refractivity contribution >= 4 is 10.8 Å². The fourth-order valence-electron chi connectivity index (χ4n) is 4.55. The van der Waals surface area contributed by atoms with Gasteiger partial charge < -0.3 is 4.74 Å². The van der Waals surface area contributed by atoms with Gasteiger partial charge in [-0.25, -0.2) is 9.18 Å². The van der Waals surface area contributed by atoms with Crippen LogP contribution in [0.3, 0.4) is 0 Å². The van der Waals surface area contributed by atoms with Crippen LogP contribution in [0.25, 0.3) is 16.5 Å². The molecule has 0 amide bonds. The number of aromatic nitrogens is 4. The second kappa shape index (κ2) is 9.15. The molecular formula is C25H26FN5O2. The molecule has 0 saturated carbocycles. The van der Waals surface area contributed by atoms with Crippen molar-refractivity contribution in [2.24, 2.45) is 0 Å². The van der Waals surface area contributed by atoms with Gasteiger partial charge in [-0.1, -0.05) is 18.2 Å². The molecule has 2 aromatic carbocycles. The summed E-state index contributed by atoms with van der Waals surface area (Å²) in [6, 6.07) is 12.7. The summed E-state index contributed by atoms with van der Waals surface area (Å²) in [6.07, 6.45) is 5.37. The summed E-state index contributed by atoms with van der Waals surface area (Å²) in [5, 5.41) is 6.53. The Labute approximate surface area is 190 Å². The predicted molar refractivity (Wildman–Crippen MR) is 124 cm³/mol. The molecule has 1 aliphatic rings. The molecule has 1 aliphatic heterocycles. The minimum absolute atomic E-state index is 0.0788. The summed E-state index contributed by atoms with van der Waals surface area (Å²) in [7, 11) is 0. The van der Waals surface area contributed by atoms with Gasteiger partial charge in [0.15, 0.2) is 0 Å². The van der Waals surface area contributed by atoms with E-state index in [2.05, 4.69) is 20.0 Å². The van der Waals surface area contributed by atoms with Gasteiger partial charge in [0, 0.05) is 53.8 Å². The molecule has 7 nitrogen and oxygen atoms in total. The van der Waals surface area contributed by atoms with E-state index in [-0.39, 0.29) is 17.4 Å². The largest absolute Gasteiger partial charge is 0.494 e. The summed E-state index contributed by atoms with van der Waals surface area (Å²) in [4.78, 5) is 22.1. The molecule has 3 heterocycles. The van der Waals surface area contributed by atoms with Crippen molar-refractivity contribution in [3.63, 3.8) is 0 Å². The predicted octanol–water partition coefficient (Wildman–Crippen LogP) is 4.03. The third-order valence-corrected chi connectivity index (χ3v) is 6.14. The quantitative estimate of drug-likeness (QED) is 0.483. The molecule has 5 rings (SSSR count). The van der Waals surface area contributed by atoms with Crippen LogP contribution in [0.2, 0.25) is 0 Å². The fraction of sp³-hybridized carbons (Fsp3) is 0.320. The van der Waals surface area contributed by atoms with Crippen LogP contribution < -0.4 is 10.4 Å². The lowest BCUT2D eigenvalue weighted by molar-refractivity contribution is 0.194. The van der Waals surface area contributed by atoms with Crippen molar-refractivity contribution in [1.82, 2.24) is 24.6 Å². The van der Waals surface area contributed by atoms with Crippen molar-refractivity contribution in [2.75, 3.05) is 19.7 Å². The Hall–Kier alpha value is -3.52. The zero-order valence-electron chi connectivity index (χ0n) is 18.5. The number of hydrogen-bond donors (Lipinski definition) is 1. The number of aromatic amines is 1. The Morgan fingerprint density at radius 2 is 2.15 bits per heavy atom. The maximum Gasteiger partial charge on any atom is 0.348 e. The highest BCUT2D eigenvalue weighted by atomic mass is 19.1. The Bertz CT molecular complexity index is 1330. The monoisotopic (exact) mass is 447 g/mol. The van der Waals surface area contributed by atoms with Crippen molar-refractivity contribution < 1.29 is 9.13 Å². The highest BCUT2D eigenvalue weighted by Crippen LogP contribution is 2.27. The molecule has 1 unspecified atom stereocenters. The summed E-state index contributed by atoms with van der Waals surface area (Å²) in [6.45, 7) is 4.48. The lowest BCUT2D eigenvalue weighted by Gasteiger charge is -2.31. The first-order valence-corrected chi connectivity index (χ1v) is 11.3. The number of likely N-dealkylation sites (tertiary alicyclic amines) is 1. The minimum atomic E-state index is -0.260. The van der Waals surface area contributed by atoms with Gasteiger partial charge in [0.1, 0.15) is 17.4 Å². The summed E-state index contributed by atoms with van der Waals surface area (Å²) in [5.41, 5.74) is 1.11. The smallest absolute Gasteiger partial charge is 0.348 e. The molecule has 1 N–H and O–H groups in total. The molecule has 4 aromatic rings. The minimum Gasteiger partial charge on any atom is -0.494 e. The van der Waals surface area contributed by atoms with Crippen LogP contribution in [-0.4, -0.2) is 44.3 Å². The zero-order chi connectivity index (χ0) is 22.8. The molecule has 1 atom stereocenters. The number of nitrogens with zero attached hydrogens (tertiary/aromatic N) is 4. The number of halogens is 1. The number of piperidine rings is 1. The number of pyridine rings is 1. The zero-order valence-corrected chi connectivity index (χ0v) is 18.5. The molecule has 33 heavy (non-hydrogen) atoms. The number of fused-ring (bicyclic) bond motifs is 1. The van der Waals surface area contributed by atoms with E-state index in [9.17, 15) is 9.18 Å². The number of benzene rings is 2. The average Bonchev–Trinajstić information content (AvgIpc) is 3.22. The van der Waals surface area contributed by atoms with Crippen LogP contribution in [0.5, 0.6) is 5.75 Å². The fourth-order valence-corrected chi connectivity index (χ4v) is 4.55. The third-order valence-electron chi connectivity index (χ3n) is 6.14. The van der Waals surface area contributed by atoms with Crippen LogP contribution in [-0.2, 0) is 6.54 Å². The van der Waals surface area contributed by atoms with Gasteiger partial charge in [0.25, 0.3) is 0 Å². The van der Waals surface area contributed by atoms with E-state index in [4.69, 9.17) is 4.74 Å². The topological polar surface area (TPSA) is 76.0 Å². The Morgan fingerprint density at radius 1 is 1.24 bits per heavy atom. The number of hydrogen-bond acceptors (Lipinski definition) is 5. The molecular weight excluding hydrogens is 421 g/mol. The highest BCUT2D eigenvalue weighted by molar-refractivity contribution is 5.89. The Morgan fingerprint density at radius 3 is 3.00 bits per heavy atom. The van der Waals surface area contributed by atoms with E-state index < -0.39 is 0 Å². The molecule has 8 heteroatoms. The van der Waals surface area contributed by atoms with Gasteiger partial charge in [0.2, 0.25) is 0 Å². The van der Waals surface area contributed by atoms with E-state index in [1.807, 2.05) is 37.3 Å². The van der Waals surface area contributed by atoms with Gasteiger partial charge in [0.05, 0.1) is 12.3 Å². The second-order valence-electron chi connectivity index (χ2n) is 8.36. The summed E-state index contributed by atoms with van der Waals surface area (Å²) >= 11 is 0. The van der Waals surface area contributed by atoms with E-state index in [0.29, 0.717) is 36.8 Å². The summed E-state index contributed by atoms with van der Waals surface area (Å²) in [5.74, 6) is 1.03. The van der Waals surface area contributed by atoms with Crippen molar-refractivity contribution in [3.8, 4) is 11.4 Å². The van der Waals surface area contributed by atoms with E-state index >= 15 is 0 Å². The standard InChI is InChI=1S/C25H26FN5O2/c1-2-33-20-9-8-18(22(26)13-20)15-30-12-4-6-19(16-30)24-28-25(32)31(29-24)23-7-3-5-17-14-27-11-10-21(17)23/h3,5,7-11,13-14,19H,2,4,6,12,15-16H2,1H3,(H,28,29,32). The lowest BCUT2D eigenvalue weighted by Crippen LogP contribution is -2.34. The van der Waals surface area contributed by atoms with Crippen LogP contribution in [0.4, 0.5) is 4.39 Å². The van der Waals surface area contributed by atoms with Crippen molar-refractivity contribution in [1.29, 1.82) is 0 Å². The molecule has 1 saturated heterocycles. The molecule has 2 aromatic heterocycles. The third kappa shape index (κ3) is 4.39. The van der Waals surface area contributed by atoms with Gasteiger partial charge in [-0.15, -0.1) is 5.10 Å². The normalized spacial score (nSPS) is 16.8. The first-order valence-electron chi connectivity index (χ1n) is 11.3. The van der Waals surface area contributed by atoms with E-state index in [0.717, 1.165) is 35.8 Å². The second-order valence-corrected chi connectivity index (χ2v) is 8.36. The van der Waals surface area contributed by atoms with Gasteiger partial charge in [-0.05, 0) is 44.5 Å². The molecule has 170 valence electrons. The molecule has 1 fully saturated rings. The number of rotatable bonds is 6. The van der Waals surface area contributed by atoms with Crippen LogP contribution >= 0.6 is 0 Å².